The molecule has 1 aromatic rings. The Morgan fingerprint density at radius 2 is 2.04 bits per heavy atom. The van der Waals surface area contributed by atoms with E-state index in [1.165, 1.54) is 0 Å². The summed E-state index contributed by atoms with van der Waals surface area (Å²) < 4.78 is 6.26. The summed E-state index contributed by atoms with van der Waals surface area (Å²) in [5.41, 5.74) is 1.14. The van der Waals surface area contributed by atoms with E-state index in [9.17, 15) is 4.79 Å². The minimum Gasteiger partial charge on any atom is -0.366 e. The summed E-state index contributed by atoms with van der Waals surface area (Å²) in [5.74, 6) is 0.578. The highest BCUT2D eigenvalue weighted by Gasteiger charge is 2.33. The van der Waals surface area contributed by atoms with Crippen LogP contribution in [0.15, 0.2) is 30.3 Å². The maximum Gasteiger partial charge on any atom is 0.224 e. The number of hydrogen-bond acceptors (Lipinski definition) is 4. The maximum absolute atomic E-state index is 12.7. The van der Waals surface area contributed by atoms with Gasteiger partial charge in [0, 0.05) is 26.1 Å². The van der Waals surface area contributed by atoms with E-state index in [1.807, 2.05) is 28.2 Å². The van der Waals surface area contributed by atoms with Gasteiger partial charge in [-0.3, -0.25) is 9.63 Å². The lowest BCUT2D eigenvalue weighted by Crippen LogP contribution is -2.49. The molecule has 1 aromatic carbocycles. The van der Waals surface area contributed by atoms with Gasteiger partial charge in [0.05, 0.1) is 19.3 Å². The Bertz CT molecular complexity index is 529. The number of benzene rings is 1. The van der Waals surface area contributed by atoms with E-state index in [-0.39, 0.29) is 18.1 Å². The summed E-state index contributed by atoms with van der Waals surface area (Å²) in [4.78, 5) is 20.1. The molecule has 0 radical (unpaired) electrons. The van der Waals surface area contributed by atoms with Crippen LogP contribution in [0.25, 0.3) is 0 Å². The van der Waals surface area contributed by atoms with Crippen LogP contribution in [0.3, 0.4) is 0 Å². The quantitative estimate of drug-likeness (QED) is 0.831. The van der Waals surface area contributed by atoms with Gasteiger partial charge in [-0.15, -0.1) is 0 Å². The molecule has 2 atom stereocenters. The zero-order valence-corrected chi connectivity index (χ0v) is 14.7. The van der Waals surface area contributed by atoms with E-state index in [0.29, 0.717) is 32.0 Å². The van der Waals surface area contributed by atoms with Crippen molar-refractivity contribution in [3.05, 3.63) is 35.9 Å². The van der Waals surface area contributed by atoms with E-state index >= 15 is 0 Å². The van der Waals surface area contributed by atoms with Crippen molar-refractivity contribution in [2.24, 2.45) is 5.92 Å². The minimum atomic E-state index is -0.0423. The van der Waals surface area contributed by atoms with Crippen molar-refractivity contribution in [3.63, 3.8) is 0 Å². The fourth-order valence-electron chi connectivity index (χ4n) is 3.27. The van der Waals surface area contributed by atoms with Gasteiger partial charge in [0.2, 0.25) is 5.91 Å². The van der Waals surface area contributed by atoms with Crippen LogP contribution < -0.4 is 0 Å². The molecule has 2 aliphatic heterocycles. The first kappa shape index (κ1) is 17.4. The molecule has 5 nitrogen and oxygen atoms in total. The van der Waals surface area contributed by atoms with Crippen LogP contribution in [0.1, 0.15) is 38.4 Å². The monoisotopic (exact) mass is 332 g/mol. The molecule has 3 rings (SSSR count). The summed E-state index contributed by atoms with van der Waals surface area (Å²) in [6, 6.07) is 10.2. The normalized spacial score (nSPS) is 25.4. The summed E-state index contributed by atoms with van der Waals surface area (Å²) in [5, 5.41) is 1.91. The number of nitrogens with zero attached hydrogens (tertiary/aromatic N) is 2. The standard InChI is InChI=1S/C19H28N2O3/c1-15(2)17-13-20(19(22)9-11-21-10-6-12-23-21)14-18(24-17)16-7-4-3-5-8-16/h3-5,7-8,15,17-18H,6,9-14H2,1-2H3/t17-,18+/m1/s1. The number of amides is 1. The molecular weight excluding hydrogens is 304 g/mol. The third-order valence-electron chi connectivity index (χ3n) is 4.79. The van der Waals surface area contributed by atoms with Crippen molar-refractivity contribution in [1.82, 2.24) is 9.96 Å². The van der Waals surface area contributed by atoms with E-state index < -0.39 is 0 Å². The minimum absolute atomic E-state index is 0.0423. The topological polar surface area (TPSA) is 42.0 Å². The molecule has 2 fully saturated rings. The molecule has 1 amide bonds. The molecule has 0 bridgehead atoms. The molecule has 2 aliphatic rings. The largest absolute Gasteiger partial charge is 0.366 e. The number of hydroxylamine groups is 2. The molecule has 2 heterocycles. The number of carbonyl (C=O) groups is 1. The van der Waals surface area contributed by atoms with Crippen molar-refractivity contribution in [3.8, 4) is 0 Å². The fraction of sp³-hybridized carbons (Fsp3) is 0.632. The van der Waals surface area contributed by atoms with Crippen LogP contribution in [0.5, 0.6) is 0 Å². The smallest absolute Gasteiger partial charge is 0.224 e. The van der Waals surface area contributed by atoms with Gasteiger partial charge in [0.25, 0.3) is 0 Å². The van der Waals surface area contributed by atoms with Crippen molar-refractivity contribution in [2.45, 2.75) is 38.9 Å². The van der Waals surface area contributed by atoms with Crippen LogP contribution in [0.2, 0.25) is 0 Å². The van der Waals surface area contributed by atoms with Gasteiger partial charge in [-0.05, 0) is 17.9 Å². The summed E-state index contributed by atoms with van der Waals surface area (Å²) in [6.07, 6.45) is 1.60. The Hall–Kier alpha value is -1.43. The molecule has 132 valence electrons. The Morgan fingerprint density at radius 1 is 1.25 bits per heavy atom. The Labute approximate surface area is 144 Å². The molecule has 0 unspecified atom stereocenters. The number of rotatable bonds is 5. The Kier molecular flexibility index (Phi) is 5.87. The third kappa shape index (κ3) is 4.35. The first-order chi connectivity index (χ1) is 11.6. The van der Waals surface area contributed by atoms with Gasteiger partial charge < -0.3 is 9.64 Å². The van der Waals surface area contributed by atoms with Crippen molar-refractivity contribution in [2.75, 3.05) is 32.8 Å². The SMILES string of the molecule is CC(C)[C@H]1CN(C(=O)CCN2CCCO2)C[C@@H](c2ccccc2)O1. The molecule has 0 saturated carbocycles. The third-order valence-corrected chi connectivity index (χ3v) is 4.79. The van der Waals surface area contributed by atoms with Crippen LogP contribution in [-0.2, 0) is 14.4 Å². The van der Waals surface area contributed by atoms with Gasteiger partial charge in [-0.25, -0.2) is 0 Å². The van der Waals surface area contributed by atoms with E-state index in [0.717, 1.165) is 25.1 Å². The molecule has 5 heteroatoms. The van der Waals surface area contributed by atoms with E-state index in [2.05, 4.69) is 26.0 Å². The summed E-state index contributed by atoms with van der Waals surface area (Å²) in [6.45, 7) is 8.00. The van der Waals surface area contributed by atoms with Crippen molar-refractivity contribution < 1.29 is 14.4 Å². The summed E-state index contributed by atoms with van der Waals surface area (Å²) in [7, 11) is 0. The van der Waals surface area contributed by atoms with Gasteiger partial charge >= 0.3 is 0 Å². The zero-order chi connectivity index (χ0) is 16.9. The van der Waals surface area contributed by atoms with Crippen LogP contribution in [-0.4, -0.2) is 54.8 Å². The number of ether oxygens (including phenoxy) is 1. The first-order valence-corrected chi connectivity index (χ1v) is 8.99. The average molecular weight is 332 g/mol. The lowest BCUT2D eigenvalue weighted by atomic mass is 10.0. The Morgan fingerprint density at radius 3 is 2.71 bits per heavy atom. The second-order valence-electron chi connectivity index (χ2n) is 6.98. The van der Waals surface area contributed by atoms with E-state index in [4.69, 9.17) is 9.57 Å². The predicted molar refractivity (Wildman–Crippen MR) is 92.2 cm³/mol. The highest BCUT2D eigenvalue weighted by Crippen LogP contribution is 2.28. The molecule has 0 spiro atoms. The zero-order valence-electron chi connectivity index (χ0n) is 14.7. The van der Waals surface area contributed by atoms with Crippen LogP contribution in [0.4, 0.5) is 0 Å². The Balaban J connectivity index is 1.63. The average Bonchev–Trinajstić information content (AvgIpc) is 3.13. The van der Waals surface area contributed by atoms with Gasteiger partial charge in [0.1, 0.15) is 6.10 Å². The highest BCUT2D eigenvalue weighted by molar-refractivity contribution is 5.76. The summed E-state index contributed by atoms with van der Waals surface area (Å²) >= 11 is 0. The predicted octanol–water partition coefficient (Wildman–Crippen LogP) is 2.64. The van der Waals surface area contributed by atoms with Crippen molar-refractivity contribution in [1.29, 1.82) is 0 Å². The highest BCUT2D eigenvalue weighted by atomic mass is 16.7. The van der Waals surface area contributed by atoms with Crippen molar-refractivity contribution >= 4 is 5.91 Å². The molecule has 24 heavy (non-hydrogen) atoms. The molecule has 0 N–H and O–H groups in total. The van der Waals surface area contributed by atoms with Crippen LogP contribution >= 0.6 is 0 Å². The van der Waals surface area contributed by atoms with Gasteiger partial charge in [-0.1, -0.05) is 44.2 Å². The lowest BCUT2D eigenvalue weighted by Gasteiger charge is -2.40. The molecular formula is C19H28N2O3. The first-order valence-electron chi connectivity index (χ1n) is 8.99. The number of carbonyl (C=O) groups excluding carboxylic acids is 1. The second-order valence-corrected chi connectivity index (χ2v) is 6.98. The van der Waals surface area contributed by atoms with Crippen LogP contribution in [0, 0.1) is 5.92 Å². The molecule has 0 aromatic heterocycles. The number of morpholine rings is 1. The van der Waals surface area contributed by atoms with E-state index in [1.54, 1.807) is 0 Å². The molecule has 2 saturated heterocycles. The number of hydrogen-bond donors (Lipinski definition) is 0. The lowest BCUT2D eigenvalue weighted by molar-refractivity contribution is -0.154. The fourth-order valence-corrected chi connectivity index (χ4v) is 3.27. The maximum atomic E-state index is 12.7. The molecule has 0 aliphatic carbocycles. The second kappa shape index (κ2) is 8.10. The van der Waals surface area contributed by atoms with Gasteiger partial charge in [0.15, 0.2) is 0 Å². The van der Waals surface area contributed by atoms with Gasteiger partial charge in [-0.2, -0.15) is 5.06 Å².